The van der Waals surface area contributed by atoms with Gasteiger partial charge < -0.3 is 4.84 Å². The summed E-state index contributed by atoms with van der Waals surface area (Å²) in [6.45, 7) is 7.59. The molecule has 2 heterocycles. The first-order valence-corrected chi connectivity index (χ1v) is 9.53. The number of halogens is 1. The molecule has 0 bridgehead atoms. The fourth-order valence-corrected chi connectivity index (χ4v) is 2.21. The van der Waals surface area contributed by atoms with Crippen molar-refractivity contribution in [3.63, 3.8) is 0 Å². The Morgan fingerprint density at radius 1 is 1.29 bits per heavy atom. The number of aromatic nitrogens is 4. The molecular formula is C10H15ClN4OSi. The monoisotopic (exact) mass is 270 g/mol. The fourth-order valence-electron chi connectivity index (χ4n) is 1.33. The van der Waals surface area contributed by atoms with Gasteiger partial charge in [-0.1, -0.05) is 31.2 Å². The fraction of sp³-hybridized carbons (Fsp3) is 0.500. The molecule has 0 aliphatic rings. The molecule has 0 amide bonds. The van der Waals surface area contributed by atoms with E-state index in [2.05, 4.69) is 34.6 Å². The van der Waals surface area contributed by atoms with Gasteiger partial charge in [-0.2, -0.15) is 4.73 Å². The van der Waals surface area contributed by atoms with Crippen molar-refractivity contribution in [1.29, 1.82) is 0 Å². The van der Waals surface area contributed by atoms with Crippen LogP contribution < -0.4 is 4.84 Å². The van der Waals surface area contributed by atoms with Crippen molar-refractivity contribution in [3.05, 3.63) is 17.8 Å². The summed E-state index contributed by atoms with van der Waals surface area (Å²) in [6.07, 6.45) is 2.99. The molecule has 0 unspecified atom stereocenters. The highest BCUT2D eigenvalue weighted by Gasteiger charge is 2.14. The maximum absolute atomic E-state index is 5.90. The highest BCUT2D eigenvalue weighted by atomic mass is 35.5. The zero-order valence-electron chi connectivity index (χ0n) is 10.1. The van der Waals surface area contributed by atoms with Gasteiger partial charge in [-0.15, -0.1) is 0 Å². The molecule has 0 aliphatic carbocycles. The summed E-state index contributed by atoms with van der Waals surface area (Å²) in [5, 5.41) is 0.350. The number of rotatable bonds is 4. The first kappa shape index (κ1) is 12.3. The quantitative estimate of drug-likeness (QED) is 0.632. The van der Waals surface area contributed by atoms with Gasteiger partial charge in [-0.3, -0.25) is 0 Å². The molecule has 0 atom stereocenters. The second-order valence-electron chi connectivity index (χ2n) is 5.05. The first-order chi connectivity index (χ1) is 7.97. The highest BCUT2D eigenvalue weighted by molar-refractivity contribution is 6.76. The molecule has 0 fully saturated rings. The van der Waals surface area contributed by atoms with Crippen LogP contribution in [0, 0.1) is 0 Å². The van der Waals surface area contributed by atoms with Crippen LogP contribution in [0.3, 0.4) is 0 Å². The van der Waals surface area contributed by atoms with E-state index in [1.54, 1.807) is 11.1 Å². The molecule has 2 aromatic heterocycles. The molecule has 0 radical (unpaired) electrons. The van der Waals surface area contributed by atoms with Crippen LogP contribution in [-0.4, -0.2) is 34.4 Å². The van der Waals surface area contributed by atoms with Crippen molar-refractivity contribution in [2.24, 2.45) is 0 Å². The summed E-state index contributed by atoms with van der Waals surface area (Å²) in [5.41, 5.74) is 1.18. The van der Waals surface area contributed by atoms with E-state index in [9.17, 15) is 0 Å². The molecule has 0 N–H and O–H groups in total. The molecule has 0 saturated heterocycles. The summed E-state index contributed by atoms with van der Waals surface area (Å²) >= 11 is 5.90. The number of hydrogen-bond donors (Lipinski definition) is 0. The molecule has 5 nitrogen and oxygen atoms in total. The molecule has 0 spiro atoms. The average Bonchev–Trinajstić information content (AvgIpc) is 2.61. The van der Waals surface area contributed by atoms with E-state index in [0.717, 1.165) is 6.04 Å². The van der Waals surface area contributed by atoms with Gasteiger partial charge in [0.2, 0.25) is 5.65 Å². The SMILES string of the molecule is C[Si](C)(C)CCOn1cnc2c(Cl)ncnc21. The minimum absolute atomic E-state index is 0.350. The standard InChI is InChI=1S/C10H15ClN4OSi/c1-17(2,3)5-4-16-15-7-14-8-9(11)12-6-13-10(8)15/h6-7H,4-5H2,1-3H3. The van der Waals surface area contributed by atoms with E-state index in [-0.39, 0.29) is 0 Å². The van der Waals surface area contributed by atoms with Gasteiger partial charge in [0.25, 0.3) is 0 Å². The smallest absolute Gasteiger partial charge is 0.200 e. The van der Waals surface area contributed by atoms with Crippen LogP contribution >= 0.6 is 11.6 Å². The lowest BCUT2D eigenvalue weighted by atomic mass is 10.6. The largest absolute Gasteiger partial charge is 0.411 e. The van der Waals surface area contributed by atoms with E-state index in [0.29, 0.717) is 22.9 Å². The average molecular weight is 271 g/mol. The molecule has 0 saturated carbocycles. The Hall–Kier alpha value is -1.14. The Labute approximate surface area is 106 Å². The molecule has 0 aromatic carbocycles. The third-order valence-corrected chi connectivity index (χ3v) is 4.32. The van der Waals surface area contributed by atoms with Gasteiger partial charge in [0, 0.05) is 8.07 Å². The Morgan fingerprint density at radius 3 is 2.76 bits per heavy atom. The summed E-state index contributed by atoms with van der Waals surface area (Å²) in [5.74, 6) is 0. The van der Waals surface area contributed by atoms with Crippen molar-refractivity contribution in [1.82, 2.24) is 19.7 Å². The number of nitrogens with zero attached hydrogens (tertiary/aromatic N) is 4. The van der Waals surface area contributed by atoms with Gasteiger partial charge >= 0.3 is 0 Å². The van der Waals surface area contributed by atoms with Crippen molar-refractivity contribution >= 4 is 30.8 Å². The third-order valence-electron chi connectivity index (χ3n) is 2.34. The number of hydrogen-bond acceptors (Lipinski definition) is 4. The summed E-state index contributed by atoms with van der Waals surface area (Å²) < 4.78 is 1.56. The lowest BCUT2D eigenvalue weighted by Gasteiger charge is -2.15. The molecule has 2 aromatic rings. The van der Waals surface area contributed by atoms with E-state index in [1.165, 1.54) is 6.33 Å². The predicted octanol–water partition coefficient (Wildman–Crippen LogP) is 2.25. The molecule has 0 aliphatic heterocycles. The summed E-state index contributed by atoms with van der Waals surface area (Å²) in [4.78, 5) is 17.7. The van der Waals surface area contributed by atoms with Crippen LogP contribution in [0.2, 0.25) is 30.8 Å². The molecule has 92 valence electrons. The number of fused-ring (bicyclic) bond motifs is 1. The van der Waals surface area contributed by atoms with E-state index < -0.39 is 8.07 Å². The van der Waals surface area contributed by atoms with Crippen LogP contribution in [0.4, 0.5) is 0 Å². The van der Waals surface area contributed by atoms with Crippen molar-refractivity contribution in [3.8, 4) is 0 Å². The maximum Gasteiger partial charge on any atom is 0.200 e. The summed E-state index contributed by atoms with van der Waals surface area (Å²) in [7, 11) is -1.09. The van der Waals surface area contributed by atoms with Gasteiger partial charge in [-0.25, -0.2) is 15.0 Å². The topological polar surface area (TPSA) is 52.8 Å². The van der Waals surface area contributed by atoms with Crippen LogP contribution in [0.5, 0.6) is 0 Å². The van der Waals surface area contributed by atoms with Crippen molar-refractivity contribution in [2.75, 3.05) is 6.61 Å². The lowest BCUT2D eigenvalue weighted by Crippen LogP contribution is -2.25. The lowest BCUT2D eigenvalue weighted by molar-refractivity contribution is 0.129. The normalized spacial score (nSPS) is 12.0. The Balaban J connectivity index is 2.12. The highest BCUT2D eigenvalue weighted by Crippen LogP contribution is 2.16. The van der Waals surface area contributed by atoms with Crippen molar-refractivity contribution < 1.29 is 4.84 Å². The Kier molecular flexibility index (Phi) is 3.35. The minimum Gasteiger partial charge on any atom is -0.411 e. The molecule has 2 rings (SSSR count). The van der Waals surface area contributed by atoms with Gasteiger partial charge in [0.15, 0.2) is 5.15 Å². The molecular weight excluding hydrogens is 256 g/mol. The Morgan fingerprint density at radius 2 is 2.06 bits per heavy atom. The van der Waals surface area contributed by atoms with Gasteiger partial charge in [0.1, 0.15) is 24.8 Å². The zero-order valence-corrected chi connectivity index (χ0v) is 11.9. The minimum atomic E-state index is -1.09. The number of imidazole rings is 1. The summed E-state index contributed by atoms with van der Waals surface area (Å²) in [6, 6.07) is 1.09. The van der Waals surface area contributed by atoms with E-state index in [4.69, 9.17) is 16.4 Å². The second kappa shape index (κ2) is 4.62. The van der Waals surface area contributed by atoms with Crippen molar-refractivity contribution in [2.45, 2.75) is 25.7 Å². The predicted molar refractivity (Wildman–Crippen MR) is 69.9 cm³/mol. The van der Waals surface area contributed by atoms with Crippen LogP contribution in [0.25, 0.3) is 11.2 Å². The van der Waals surface area contributed by atoms with Gasteiger partial charge in [-0.05, 0) is 6.04 Å². The second-order valence-corrected chi connectivity index (χ2v) is 11.0. The van der Waals surface area contributed by atoms with Crippen LogP contribution in [0.15, 0.2) is 12.7 Å². The van der Waals surface area contributed by atoms with E-state index >= 15 is 0 Å². The molecule has 17 heavy (non-hydrogen) atoms. The van der Waals surface area contributed by atoms with E-state index in [1.807, 2.05) is 0 Å². The van der Waals surface area contributed by atoms with Crippen LogP contribution in [-0.2, 0) is 0 Å². The molecule has 7 heteroatoms. The maximum atomic E-state index is 5.90. The van der Waals surface area contributed by atoms with Crippen LogP contribution in [0.1, 0.15) is 0 Å². The third kappa shape index (κ3) is 2.95. The zero-order chi connectivity index (χ0) is 12.5. The first-order valence-electron chi connectivity index (χ1n) is 5.44. The van der Waals surface area contributed by atoms with Gasteiger partial charge in [0.05, 0.1) is 0 Å². The Bertz CT molecular complexity index is 522.